The van der Waals surface area contributed by atoms with Crippen molar-refractivity contribution in [2.45, 2.75) is 6.18 Å². The molecular formula is C13H9ClF3N3O3. The van der Waals surface area contributed by atoms with Gasteiger partial charge in [-0.15, -0.1) is 0 Å². The first-order valence-corrected chi connectivity index (χ1v) is 6.41. The van der Waals surface area contributed by atoms with Gasteiger partial charge in [0.15, 0.2) is 6.20 Å². The molecule has 3 aromatic rings. The van der Waals surface area contributed by atoms with Crippen LogP contribution in [0.1, 0.15) is 0 Å². The molecule has 0 aliphatic heterocycles. The predicted molar refractivity (Wildman–Crippen MR) is 74.9 cm³/mol. The molecule has 6 nitrogen and oxygen atoms in total. The van der Waals surface area contributed by atoms with Crippen molar-refractivity contribution in [2.24, 2.45) is 7.05 Å². The number of nitrogens with one attached hydrogen (secondary N) is 1. The molecule has 10 heteroatoms. The summed E-state index contributed by atoms with van der Waals surface area (Å²) in [5.74, 6) is -3.01. The molecule has 0 spiro atoms. The first-order valence-electron chi connectivity index (χ1n) is 6.04. The lowest BCUT2D eigenvalue weighted by atomic mass is 10.1. The highest BCUT2D eigenvalue weighted by Crippen LogP contribution is 2.31. The average Bonchev–Trinajstić information content (AvgIpc) is 2.87. The number of aryl methyl sites for hydroxylation is 1. The van der Waals surface area contributed by atoms with E-state index in [1.165, 1.54) is 0 Å². The summed E-state index contributed by atoms with van der Waals surface area (Å²) < 4.78 is 33.4. The molecule has 0 fully saturated rings. The van der Waals surface area contributed by atoms with Gasteiger partial charge in [0.2, 0.25) is 0 Å². The van der Waals surface area contributed by atoms with Crippen molar-refractivity contribution >= 4 is 45.1 Å². The molecule has 0 saturated heterocycles. The molecular weight excluding hydrogens is 339 g/mol. The van der Waals surface area contributed by atoms with E-state index in [9.17, 15) is 18.0 Å². The highest BCUT2D eigenvalue weighted by atomic mass is 35.5. The molecule has 0 aliphatic carbocycles. The number of benzene rings is 1. The number of H-pyrrole nitrogens is 1. The Bertz CT molecular complexity index is 953. The quantitative estimate of drug-likeness (QED) is 0.597. The van der Waals surface area contributed by atoms with Crippen LogP contribution >= 0.6 is 11.6 Å². The monoisotopic (exact) mass is 347 g/mol. The summed E-state index contributed by atoms with van der Waals surface area (Å²) in [4.78, 5) is 23.6. The number of pyridine rings is 1. The fourth-order valence-electron chi connectivity index (χ4n) is 2.07. The number of hydrogen-bond donors (Lipinski definition) is 1. The lowest BCUT2D eigenvalue weighted by Crippen LogP contribution is -2.37. The highest BCUT2D eigenvalue weighted by Gasteiger charge is 2.28. The first-order chi connectivity index (χ1) is 10.6. The lowest BCUT2D eigenvalue weighted by molar-refractivity contribution is -0.344. The Kier molecular flexibility index (Phi) is 4.08. The van der Waals surface area contributed by atoms with Crippen LogP contribution in [-0.2, 0) is 11.8 Å². The van der Waals surface area contributed by atoms with Gasteiger partial charge in [0.1, 0.15) is 11.7 Å². The number of carbonyl (C=O) groups is 1. The molecule has 122 valence electrons. The van der Waals surface area contributed by atoms with Crippen LogP contribution in [0.15, 0.2) is 23.3 Å². The third-order valence-corrected chi connectivity index (χ3v) is 3.51. The minimum atomic E-state index is -5.19. The van der Waals surface area contributed by atoms with Crippen molar-refractivity contribution in [3.05, 3.63) is 33.7 Å². The molecule has 0 saturated carbocycles. The van der Waals surface area contributed by atoms with Crippen LogP contribution in [-0.4, -0.2) is 16.7 Å². The number of carboxylic acids is 1. The number of aromatic amines is 1. The first kappa shape index (κ1) is 16.8. The number of anilines is 1. The molecule has 3 rings (SSSR count). The Morgan fingerprint density at radius 2 is 2.00 bits per heavy atom. The maximum Gasteiger partial charge on any atom is 0.430 e. The summed E-state index contributed by atoms with van der Waals surface area (Å²) in [6.45, 7) is 0. The second-order valence-corrected chi connectivity index (χ2v) is 4.99. The molecule has 0 amide bonds. The van der Waals surface area contributed by atoms with Gasteiger partial charge < -0.3 is 20.2 Å². The highest BCUT2D eigenvalue weighted by molar-refractivity contribution is 6.39. The Hall–Kier alpha value is -2.55. The number of alkyl halides is 3. The molecule has 2 aromatic heterocycles. The van der Waals surface area contributed by atoms with E-state index in [2.05, 4.69) is 4.98 Å². The number of carbonyl (C=O) groups excluding carboxylic acids is 1. The minimum absolute atomic E-state index is 0.0970. The van der Waals surface area contributed by atoms with E-state index in [1.807, 2.05) is 23.9 Å². The van der Waals surface area contributed by atoms with Crippen molar-refractivity contribution in [2.75, 3.05) is 5.73 Å². The summed E-state index contributed by atoms with van der Waals surface area (Å²) in [5, 5.41) is 10.9. The van der Waals surface area contributed by atoms with Crippen LogP contribution in [0.3, 0.4) is 0 Å². The largest absolute Gasteiger partial charge is 0.542 e. The predicted octanol–water partition coefficient (Wildman–Crippen LogP) is 0.478. The van der Waals surface area contributed by atoms with E-state index in [0.29, 0.717) is 10.5 Å². The molecule has 0 unspecified atom stereocenters. The SMILES string of the molecule is Cn1ccc2c[nH+]c3c(=O)c(N)c(Cl)c1c23.O=C([O-])C(F)(F)F. The topological polar surface area (TPSA) is 102 Å². The molecule has 0 radical (unpaired) electrons. The number of carboxylic acid groups (broad SMARTS) is 1. The van der Waals surface area contributed by atoms with E-state index >= 15 is 0 Å². The summed E-state index contributed by atoms with van der Waals surface area (Å²) in [6, 6.07) is 1.93. The third kappa shape index (κ3) is 2.87. The van der Waals surface area contributed by atoms with Gasteiger partial charge in [-0.25, -0.2) is 4.98 Å². The summed E-state index contributed by atoms with van der Waals surface area (Å²) in [6.07, 6.45) is -1.52. The molecule has 0 bridgehead atoms. The molecule has 0 atom stereocenters. The van der Waals surface area contributed by atoms with E-state index < -0.39 is 12.1 Å². The second-order valence-electron chi connectivity index (χ2n) is 4.61. The van der Waals surface area contributed by atoms with Crippen LogP contribution in [0.25, 0.3) is 21.8 Å². The number of nitrogens with two attached hydrogens (primary N) is 1. The van der Waals surface area contributed by atoms with Crippen LogP contribution in [0.4, 0.5) is 18.9 Å². The van der Waals surface area contributed by atoms with Gasteiger partial charge in [0.05, 0.1) is 21.3 Å². The Morgan fingerprint density at radius 3 is 2.52 bits per heavy atom. The van der Waals surface area contributed by atoms with Crippen molar-refractivity contribution in [3.63, 3.8) is 0 Å². The molecule has 3 N–H and O–H groups in total. The normalized spacial score (nSPS) is 11.5. The number of nitrogen functional groups attached to an aromatic ring is 1. The van der Waals surface area contributed by atoms with E-state index in [-0.39, 0.29) is 11.1 Å². The van der Waals surface area contributed by atoms with Crippen molar-refractivity contribution < 1.29 is 28.1 Å². The Morgan fingerprint density at radius 1 is 1.43 bits per heavy atom. The third-order valence-electron chi connectivity index (χ3n) is 3.13. The zero-order chi connectivity index (χ0) is 17.5. The molecule has 1 aromatic carbocycles. The van der Waals surface area contributed by atoms with Crippen LogP contribution in [0, 0.1) is 0 Å². The van der Waals surface area contributed by atoms with Crippen LogP contribution < -0.4 is 21.3 Å². The van der Waals surface area contributed by atoms with Crippen LogP contribution in [0.5, 0.6) is 0 Å². The zero-order valence-electron chi connectivity index (χ0n) is 11.5. The van der Waals surface area contributed by atoms with Gasteiger partial charge >= 0.3 is 6.18 Å². The van der Waals surface area contributed by atoms with E-state index in [1.54, 1.807) is 6.20 Å². The summed E-state index contributed by atoms with van der Waals surface area (Å²) in [7, 11) is 1.87. The zero-order valence-corrected chi connectivity index (χ0v) is 12.2. The number of aliphatic carboxylic acids is 1. The molecule has 0 aliphatic rings. The lowest BCUT2D eigenvalue weighted by Gasteiger charge is -2.06. The number of nitrogens with zero attached hydrogens (tertiary/aromatic N) is 1. The minimum Gasteiger partial charge on any atom is -0.542 e. The number of rotatable bonds is 0. The number of hydrogen-bond acceptors (Lipinski definition) is 4. The maximum atomic E-state index is 11.9. The van der Waals surface area contributed by atoms with Crippen molar-refractivity contribution in [3.8, 4) is 0 Å². The smallest absolute Gasteiger partial charge is 0.430 e. The van der Waals surface area contributed by atoms with Gasteiger partial charge in [-0.2, -0.15) is 13.2 Å². The maximum absolute atomic E-state index is 11.9. The second kappa shape index (κ2) is 5.58. The Labute approximate surface area is 131 Å². The standard InChI is InChI=1S/C11H8ClN3O.C2HF3O2/c1-15-3-2-5-4-14-9-6(5)10(15)7(12)8(13)11(9)16;3-2(4,5)1(6)7/h2-4H,13H2,1H3;(H,6,7). The van der Waals surface area contributed by atoms with E-state index in [0.717, 1.165) is 16.3 Å². The van der Waals surface area contributed by atoms with Crippen molar-refractivity contribution in [1.29, 1.82) is 0 Å². The van der Waals surface area contributed by atoms with Crippen LogP contribution in [0.2, 0.25) is 5.02 Å². The fourth-order valence-corrected chi connectivity index (χ4v) is 2.39. The average molecular weight is 348 g/mol. The Balaban J connectivity index is 0.000000236. The van der Waals surface area contributed by atoms with Gasteiger partial charge in [0, 0.05) is 13.2 Å². The van der Waals surface area contributed by atoms with Gasteiger partial charge in [-0.05, 0) is 6.07 Å². The fraction of sp³-hybridized carbons (Fsp3) is 0.154. The van der Waals surface area contributed by atoms with Gasteiger partial charge in [0.25, 0.3) is 10.9 Å². The summed E-state index contributed by atoms with van der Waals surface area (Å²) >= 11 is 6.12. The number of aromatic nitrogens is 2. The number of halogens is 4. The van der Waals surface area contributed by atoms with E-state index in [4.69, 9.17) is 27.2 Å². The summed E-state index contributed by atoms with van der Waals surface area (Å²) in [5.41, 5.74) is 6.87. The molecule has 23 heavy (non-hydrogen) atoms. The van der Waals surface area contributed by atoms with Gasteiger partial charge in [-0.1, -0.05) is 11.6 Å². The van der Waals surface area contributed by atoms with Gasteiger partial charge in [-0.3, -0.25) is 4.79 Å². The molecule has 2 heterocycles. The van der Waals surface area contributed by atoms with Crippen molar-refractivity contribution in [1.82, 2.24) is 4.57 Å².